The summed E-state index contributed by atoms with van der Waals surface area (Å²) >= 11 is 3.33. The number of nitrogens with one attached hydrogen (secondary N) is 1. The Balaban J connectivity index is 2.05. The Morgan fingerprint density at radius 2 is 2.05 bits per heavy atom. The van der Waals surface area contributed by atoms with Crippen molar-refractivity contribution in [3.05, 3.63) is 48.3 Å². The number of aromatic nitrogens is 2. The van der Waals surface area contributed by atoms with Crippen LogP contribution in [-0.2, 0) is 21.9 Å². The van der Waals surface area contributed by atoms with Crippen LogP contribution in [0, 0.1) is 0 Å². The molecule has 1 aromatic carbocycles. The molecule has 2 aromatic rings. The van der Waals surface area contributed by atoms with E-state index in [0.717, 1.165) is 5.56 Å². The highest BCUT2D eigenvalue weighted by molar-refractivity contribution is 9.08. The van der Waals surface area contributed by atoms with Gasteiger partial charge in [-0.1, -0.05) is 28.1 Å². The predicted molar refractivity (Wildman–Crippen MR) is 81.1 cm³/mol. The van der Waals surface area contributed by atoms with E-state index in [0.29, 0.717) is 11.9 Å². The summed E-state index contributed by atoms with van der Waals surface area (Å²) in [7, 11) is -3.49. The number of benzene rings is 1. The molecule has 20 heavy (non-hydrogen) atoms. The van der Waals surface area contributed by atoms with Crippen LogP contribution in [0.5, 0.6) is 0 Å². The largest absolute Gasteiger partial charge is 0.271 e. The molecule has 108 valence electrons. The highest BCUT2D eigenvalue weighted by Gasteiger charge is 2.17. The Morgan fingerprint density at radius 3 is 2.60 bits per heavy atom. The zero-order chi connectivity index (χ0) is 14.6. The van der Waals surface area contributed by atoms with Gasteiger partial charge in [0.15, 0.2) is 0 Å². The van der Waals surface area contributed by atoms with Crippen molar-refractivity contribution in [2.24, 2.45) is 0 Å². The Morgan fingerprint density at radius 1 is 1.35 bits per heavy atom. The topological polar surface area (TPSA) is 64.0 Å². The summed E-state index contributed by atoms with van der Waals surface area (Å²) < 4.78 is 28.8. The van der Waals surface area contributed by atoms with Crippen LogP contribution in [0.3, 0.4) is 0 Å². The molecule has 2 rings (SSSR count). The van der Waals surface area contributed by atoms with Gasteiger partial charge in [0.1, 0.15) is 0 Å². The third kappa shape index (κ3) is 3.91. The first-order chi connectivity index (χ1) is 9.51. The SMILES string of the molecule is CC(Cn1cccn1)NS(=O)(=O)c1ccc(CBr)cc1. The van der Waals surface area contributed by atoms with E-state index in [2.05, 4.69) is 25.8 Å². The molecule has 7 heteroatoms. The maximum absolute atomic E-state index is 12.2. The summed E-state index contributed by atoms with van der Waals surface area (Å²) in [5.41, 5.74) is 1.04. The van der Waals surface area contributed by atoms with Gasteiger partial charge in [-0.25, -0.2) is 13.1 Å². The zero-order valence-electron chi connectivity index (χ0n) is 11.0. The number of hydrogen-bond acceptors (Lipinski definition) is 3. The molecule has 0 aliphatic carbocycles. The molecule has 0 aliphatic rings. The zero-order valence-corrected chi connectivity index (χ0v) is 13.4. The third-order valence-electron chi connectivity index (χ3n) is 2.76. The molecule has 0 amide bonds. The van der Waals surface area contributed by atoms with Crippen LogP contribution in [-0.4, -0.2) is 24.2 Å². The lowest BCUT2D eigenvalue weighted by atomic mass is 10.2. The minimum atomic E-state index is -3.49. The van der Waals surface area contributed by atoms with Crippen molar-refractivity contribution in [3.8, 4) is 0 Å². The standard InChI is InChI=1S/C13H16BrN3O2S/c1-11(10-17-8-2-7-15-17)16-20(18,19)13-5-3-12(9-14)4-6-13/h2-8,11,16H,9-10H2,1H3. The van der Waals surface area contributed by atoms with Gasteiger partial charge in [-0.2, -0.15) is 5.10 Å². The summed E-state index contributed by atoms with van der Waals surface area (Å²) in [6, 6.07) is 8.37. The first kappa shape index (κ1) is 15.2. The van der Waals surface area contributed by atoms with Gasteiger partial charge in [-0.15, -0.1) is 0 Å². The van der Waals surface area contributed by atoms with Gasteiger partial charge in [0.25, 0.3) is 0 Å². The first-order valence-corrected chi connectivity index (χ1v) is 8.76. The fourth-order valence-corrected chi connectivity index (χ4v) is 3.43. The van der Waals surface area contributed by atoms with E-state index in [1.54, 1.807) is 47.4 Å². The van der Waals surface area contributed by atoms with Crippen molar-refractivity contribution in [2.45, 2.75) is 29.7 Å². The molecule has 1 heterocycles. The molecule has 1 N–H and O–H groups in total. The van der Waals surface area contributed by atoms with E-state index in [1.807, 2.05) is 6.92 Å². The predicted octanol–water partition coefficient (Wildman–Crippen LogP) is 2.14. The molecule has 1 atom stereocenters. The maximum atomic E-state index is 12.2. The highest BCUT2D eigenvalue weighted by Crippen LogP contribution is 2.13. The average molecular weight is 358 g/mol. The summed E-state index contributed by atoms with van der Waals surface area (Å²) in [6.07, 6.45) is 3.47. The molecule has 0 fully saturated rings. The Kier molecular flexibility index (Phi) is 4.95. The number of halogens is 1. The van der Waals surface area contributed by atoms with Crippen LogP contribution in [0.2, 0.25) is 0 Å². The average Bonchev–Trinajstić information content (AvgIpc) is 2.91. The molecule has 0 spiro atoms. The van der Waals surface area contributed by atoms with Crippen LogP contribution in [0.4, 0.5) is 0 Å². The minimum absolute atomic E-state index is 0.240. The second-order valence-electron chi connectivity index (χ2n) is 4.53. The number of nitrogens with zero attached hydrogens (tertiary/aromatic N) is 2. The second kappa shape index (κ2) is 6.51. The summed E-state index contributed by atoms with van der Waals surface area (Å²) in [5.74, 6) is 0. The van der Waals surface area contributed by atoms with Crippen molar-refractivity contribution in [1.82, 2.24) is 14.5 Å². The van der Waals surface area contributed by atoms with Gasteiger partial charge < -0.3 is 0 Å². The lowest BCUT2D eigenvalue weighted by molar-refractivity contribution is 0.494. The van der Waals surface area contributed by atoms with Crippen LogP contribution >= 0.6 is 15.9 Å². The lowest BCUT2D eigenvalue weighted by Gasteiger charge is -2.14. The van der Waals surface area contributed by atoms with Gasteiger partial charge in [0.2, 0.25) is 10.0 Å². The summed E-state index contributed by atoms with van der Waals surface area (Å²) in [5, 5.41) is 4.76. The maximum Gasteiger partial charge on any atom is 0.240 e. The molecule has 5 nitrogen and oxygen atoms in total. The van der Waals surface area contributed by atoms with E-state index in [4.69, 9.17) is 0 Å². The van der Waals surface area contributed by atoms with E-state index < -0.39 is 10.0 Å². The van der Waals surface area contributed by atoms with Gasteiger partial charge in [0.05, 0.1) is 11.4 Å². The van der Waals surface area contributed by atoms with Gasteiger partial charge in [-0.3, -0.25) is 4.68 Å². The molecule has 0 saturated heterocycles. The Labute approximate surface area is 127 Å². The number of alkyl halides is 1. The molecule has 0 radical (unpaired) electrons. The number of hydrogen-bond donors (Lipinski definition) is 1. The molecule has 0 aliphatic heterocycles. The van der Waals surface area contributed by atoms with Crippen molar-refractivity contribution >= 4 is 26.0 Å². The minimum Gasteiger partial charge on any atom is -0.271 e. The molecule has 0 bridgehead atoms. The van der Waals surface area contributed by atoms with Crippen LogP contribution in [0.15, 0.2) is 47.6 Å². The van der Waals surface area contributed by atoms with Crippen molar-refractivity contribution in [3.63, 3.8) is 0 Å². The van der Waals surface area contributed by atoms with Crippen LogP contribution in [0.1, 0.15) is 12.5 Å². The Bertz CT molecular complexity index is 639. The fraction of sp³-hybridized carbons (Fsp3) is 0.308. The third-order valence-corrected chi connectivity index (χ3v) is 5.02. The number of rotatable bonds is 6. The quantitative estimate of drug-likeness (QED) is 0.805. The summed E-state index contributed by atoms with van der Waals surface area (Å²) in [4.78, 5) is 0.273. The Hall–Kier alpha value is -1.18. The van der Waals surface area contributed by atoms with Crippen molar-refractivity contribution < 1.29 is 8.42 Å². The van der Waals surface area contributed by atoms with Crippen molar-refractivity contribution in [1.29, 1.82) is 0 Å². The summed E-state index contributed by atoms with van der Waals surface area (Å²) in [6.45, 7) is 2.30. The monoisotopic (exact) mass is 357 g/mol. The fourth-order valence-electron chi connectivity index (χ4n) is 1.82. The second-order valence-corrected chi connectivity index (χ2v) is 6.80. The van der Waals surface area contributed by atoms with Gasteiger partial charge in [0, 0.05) is 23.8 Å². The molecule has 0 saturated carbocycles. The van der Waals surface area contributed by atoms with E-state index in [1.165, 1.54) is 0 Å². The molecular weight excluding hydrogens is 342 g/mol. The first-order valence-electron chi connectivity index (χ1n) is 6.16. The van der Waals surface area contributed by atoms with Gasteiger partial charge >= 0.3 is 0 Å². The highest BCUT2D eigenvalue weighted by atomic mass is 79.9. The van der Waals surface area contributed by atoms with Crippen molar-refractivity contribution in [2.75, 3.05) is 0 Å². The number of sulfonamides is 1. The lowest BCUT2D eigenvalue weighted by Crippen LogP contribution is -2.35. The van der Waals surface area contributed by atoms with E-state index in [-0.39, 0.29) is 10.9 Å². The van der Waals surface area contributed by atoms with E-state index >= 15 is 0 Å². The van der Waals surface area contributed by atoms with E-state index in [9.17, 15) is 8.42 Å². The van der Waals surface area contributed by atoms with Crippen LogP contribution < -0.4 is 4.72 Å². The molecule has 1 unspecified atom stereocenters. The van der Waals surface area contributed by atoms with Crippen LogP contribution in [0.25, 0.3) is 0 Å². The smallest absolute Gasteiger partial charge is 0.240 e. The molecule has 1 aromatic heterocycles. The molecular formula is C13H16BrN3O2S. The normalized spacial score (nSPS) is 13.3. The van der Waals surface area contributed by atoms with Gasteiger partial charge in [-0.05, 0) is 30.7 Å².